The summed E-state index contributed by atoms with van der Waals surface area (Å²) in [5.74, 6) is 0.847. The summed E-state index contributed by atoms with van der Waals surface area (Å²) in [5, 5.41) is 4.16. The number of hydrogen-bond donors (Lipinski definition) is 0. The van der Waals surface area contributed by atoms with Crippen molar-refractivity contribution >= 4 is 11.5 Å². The summed E-state index contributed by atoms with van der Waals surface area (Å²) in [6.45, 7) is 3.81. The van der Waals surface area contributed by atoms with Gasteiger partial charge in [0.05, 0.1) is 17.0 Å². The number of carbonyl (C=O) groups is 1. The third-order valence-electron chi connectivity index (χ3n) is 4.79. The Labute approximate surface area is 152 Å². The molecule has 0 amide bonds. The average molecular weight is 344 g/mol. The molecule has 1 aromatic heterocycles. The molecule has 2 aromatic carbocycles. The van der Waals surface area contributed by atoms with Crippen LogP contribution in [0.5, 0.6) is 0 Å². The van der Waals surface area contributed by atoms with Crippen molar-refractivity contribution in [3.05, 3.63) is 77.2 Å². The maximum absolute atomic E-state index is 12.2. The van der Waals surface area contributed by atoms with Gasteiger partial charge in [-0.3, -0.25) is 9.79 Å². The summed E-state index contributed by atoms with van der Waals surface area (Å²) < 4.78 is 5.66. The molecule has 26 heavy (non-hydrogen) atoms. The second-order valence-corrected chi connectivity index (χ2v) is 6.51. The average Bonchev–Trinajstić information content (AvgIpc) is 3.00. The maximum Gasteiger partial charge on any atom is 0.169 e. The van der Waals surface area contributed by atoms with Gasteiger partial charge in [-0.2, -0.15) is 0 Å². The molecule has 0 saturated heterocycles. The van der Waals surface area contributed by atoms with Crippen LogP contribution in [0.3, 0.4) is 0 Å². The molecule has 130 valence electrons. The van der Waals surface area contributed by atoms with Gasteiger partial charge in [0, 0.05) is 24.0 Å². The monoisotopic (exact) mass is 344 g/mol. The van der Waals surface area contributed by atoms with Crippen molar-refractivity contribution in [2.24, 2.45) is 4.99 Å². The van der Waals surface area contributed by atoms with Crippen LogP contribution in [0.4, 0.5) is 0 Å². The van der Waals surface area contributed by atoms with Crippen LogP contribution in [0.25, 0.3) is 11.1 Å². The highest BCUT2D eigenvalue weighted by Gasteiger charge is 2.30. The lowest BCUT2D eigenvalue weighted by Gasteiger charge is -2.11. The number of ketones is 1. The number of fused-ring (bicyclic) bond motifs is 3. The number of nitrogens with zero attached hydrogens (tertiary/aromatic N) is 2. The molecule has 1 aliphatic rings. The molecule has 0 N–H and O–H groups in total. The van der Waals surface area contributed by atoms with Crippen molar-refractivity contribution in [3.63, 3.8) is 0 Å². The number of aromatic nitrogens is 1. The van der Waals surface area contributed by atoms with E-state index in [2.05, 4.69) is 17.3 Å². The topological polar surface area (TPSA) is 55.5 Å². The van der Waals surface area contributed by atoms with E-state index in [-0.39, 0.29) is 11.8 Å². The van der Waals surface area contributed by atoms with E-state index in [0.717, 1.165) is 33.7 Å². The zero-order valence-electron chi connectivity index (χ0n) is 14.9. The van der Waals surface area contributed by atoms with Gasteiger partial charge in [0.1, 0.15) is 11.8 Å². The first-order valence-corrected chi connectivity index (χ1v) is 8.90. The summed E-state index contributed by atoms with van der Waals surface area (Å²) in [6.07, 6.45) is 0.810. The fourth-order valence-electron chi connectivity index (χ4n) is 3.46. The van der Waals surface area contributed by atoms with Crippen LogP contribution >= 0.6 is 0 Å². The van der Waals surface area contributed by atoms with Gasteiger partial charge in [-0.25, -0.2) is 0 Å². The van der Waals surface area contributed by atoms with Crippen LogP contribution < -0.4 is 0 Å². The molecule has 4 nitrogen and oxygen atoms in total. The summed E-state index contributed by atoms with van der Waals surface area (Å²) in [4.78, 5) is 17.2. The fraction of sp³-hybridized carbons (Fsp3) is 0.227. The Kier molecular flexibility index (Phi) is 4.25. The van der Waals surface area contributed by atoms with E-state index >= 15 is 0 Å². The van der Waals surface area contributed by atoms with Gasteiger partial charge in [0.25, 0.3) is 0 Å². The SMILES string of the molecule is CCC(=O)C[C@@H]1N=C(c2ccccc2)c2ccccc2-c2c(C)noc21. The van der Waals surface area contributed by atoms with Gasteiger partial charge >= 0.3 is 0 Å². The first kappa shape index (κ1) is 16.5. The molecule has 0 unspecified atom stereocenters. The number of hydrogen-bond acceptors (Lipinski definition) is 4. The van der Waals surface area contributed by atoms with Crippen LogP contribution in [-0.2, 0) is 4.79 Å². The zero-order chi connectivity index (χ0) is 18.1. The molecule has 2 heterocycles. The van der Waals surface area contributed by atoms with Crippen molar-refractivity contribution in [1.29, 1.82) is 0 Å². The fourth-order valence-corrected chi connectivity index (χ4v) is 3.46. The second kappa shape index (κ2) is 6.71. The van der Waals surface area contributed by atoms with Crippen LogP contribution in [-0.4, -0.2) is 16.7 Å². The Bertz CT molecular complexity index is 986. The number of aliphatic imine (C=N–C) groups is 1. The molecule has 1 aliphatic heterocycles. The molecular weight excluding hydrogens is 324 g/mol. The molecule has 0 aliphatic carbocycles. The summed E-state index contributed by atoms with van der Waals surface area (Å²) in [6, 6.07) is 17.9. The van der Waals surface area contributed by atoms with E-state index in [9.17, 15) is 4.79 Å². The normalized spacial score (nSPS) is 15.6. The minimum absolute atomic E-state index is 0.164. The molecule has 1 atom stereocenters. The lowest BCUT2D eigenvalue weighted by Crippen LogP contribution is -2.08. The van der Waals surface area contributed by atoms with Gasteiger partial charge in [-0.15, -0.1) is 0 Å². The number of benzene rings is 2. The van der Waals surface area contributed by atoms with Crippen molar-refractivity contribution in [2.45, 2.75) is 32.7 Å². The van der Waals surface area contributed by atoms with Gasteiger partial charge in [-0.05, 0) is 12.5 Å². The number of Topliss-reactive ketones (excluding diaryl/α,β-unsaturated/α-hetero) is 1. The first-order chi connectivity index (χ1) is 12.7. The van der Waals surface area contributed by atoms with Crippen molar-refractivity contribution in [2.75, 3.05) is 0 Å². The molecule has 0 bridgehead atoms. The Morgan fingerprint density at radius 2 is 1.73 bits per heavy atom. The van der Waals surface area contributed by atoms with E-state index < -0.39 is 0 Å². The lowest BCUT2D eigenvalue weighted by molar-refractivity contribution is -0.119. The molecule has 0 radical (unpaired) electrons. The third-order valence-corrected chi connectivity index (χ3v) is 4.79. The highest BCUT2D eigenvalue weighted by Crippen LogP contribution is 2.40. The predicted molar refractivity (Wildman–Crippen MR) is 101 cm³/mol. The maximum atomic E-state index is 12.2. The lowest BCUT2D eigenvalue weighted by atomic mass is 9.93. The second-order valence-electron chi connectivity index (χ2n) is 6.51. The third kappa shape index (κ3) is 2.77. The largest absolute Gasteiger partial charge is 0.358 e. The van der Waals surface area contributed by atoms with Gasteiger partial charge in [0.2, 0.25) is 0 Å². The van der Waals surface area contributed by atoms with Crippen LogP contribution in [0, 0.1) is 6.92 Å². The van der Waals surface area contributed by atoms with Crippen LogP contribution in [0.1, 0.15) is 48.4 Å². The molecule has 3 aromatic rings. The summed E-state index contributed by atoms with van der Waals surface area (Å²) in [7, 11) is 0. The minimum atomic E-state index is -0.360. The summed E-state index contributed by atoms with van der Waals surface area (Å²) >= 11 is 0. The highest BCUT2D eigenvalue weighted by atomic mass is 16.5. The predicted octanol–water partition coefficient (Wildman–Crippen LogP) is 4.91. The first-order valence-electron chi connectivity index (χ1n) is 8.90. The van der Waals surface area contributed by atoms with E-state index in [4.69, 9.17) is 9.52 Å². The quantitative estimate of drug-likeness (QED) is 0.675. The van der Waals surface area contributed by atoms with Gasteiger partial charge in [0.15, 0.2) is 5.76 Å². The standard InChI is InChI=1S/C22H20N2O2/c1-3-16(25)13-19-22-20(14(2)24-26-22)17-11-7-8-12-18(17)21(23-19)15-9-5-4-6-10-15/h4-12,19H,3,13H2,1-2H3/t19-/m0/s1. The molecule has 0 fully saturated rings. The summed E-state index contributed by atoms with van der Waals surface area (Å²) in [5.41, 5.74) is 5.80. The van der Waals surface area contributed by atoms with Crippen molar-refractivity contribution in [3.8, 4) is 11.1 Å². The Morgan fingerprint density at radius 3 is 2.46 bits per heavy atom. The molecule has 0 saturated carbocycles. The van der Waals surface area contributed by atoms with Gasteiger partial charge < -0.3 is 4.52 Å². The van der Waals surface area contributed by atoms with Gasteiger partial charge in [-0.1, -0.05) is 66.7 Å². The number of carbonyl (C=O) groups excluding carboxylic acids is 1. The Balaban J connectivity index is 1.98. The molecule has 4 heteroatoms. The van der Waals surface area contributed by atoms with E-state index in [1.165, 1.54) is 0 Å². The van der Waals surface area contributed by atoms with E-state index in [1.807, 2.05) is 56.3 Å². The molecule has 4 rings (SSSR count). The van der Waals surface area contributed by atoms with Crippen molar-refractivity contribution in [1.82, 2.24) is 5.16 Å². The highest BCUT2D eigenvalue weighted by molar-refractivity contribution is 6.17. The van der Waals surface area contributed by atoms with E-state index in [1.54, 1.807) is 0 Å². The Hall–Kier alpha value is -3.01. The number of aryl methyl sites for hydroxylation is 1. The van der Waals surface area contributed by atoms with Crippen LogP contribution in [0.2, 0.25) is 0 Å². The number of rotatable bonds is 4. The van der Waals surface area contributed by atoms with Crippen LogP contribution in [0.15, 0.2) is 64.1 Å². The smallest absolute Gasteiger partial charge is 0.169 e. The zero-order valence-corrected chi connectivity index (χ0v) is 14.9. The minimum Gasteiger partial charge on any atom is -0.358 e. The Morgan fingerprint density at radius 1 is 1.04 bits per heavy atom. The van der Waals surface area contributed by atoms with Crippen molar-refractivity contribution < 1.29 is 9.32 Å². The van der Waals surface area contributed by atoms with E-state index in [0.29, 0.717) is 18.6 Å². The molecular formula is C22H20N2O2. The molecule has 0 spiro atoms.